The molecule has 0 atom stereocenters. The van der Waals surface area contributed by atoms with Crippen molar-refractivity contribution in [2.24, 2.45) is 9.98 Å². The van der Waals surface area contributed by atoms with Crippen LogP contribution in [0.4, 0.5) is 0 Å². The molecule has 0 saturated heterocycles. The molecule has 0 aliphatic rings. The Bertz CT molecular complexity index is 148. The quantitative estimate of drug-likeness (QED) is 0.405. The average molecular weight is 126 g/mol. The number of hydrogen-bond donors (Lipinski definition) is 0. The van der Waals surface area contributed by atoms with Gasteiger partial charge in [-0.25, -0.2) is 9.59 Å². The van der Waals surface area contributed by atoms with Gasteiger partial charge in [0.25, 0.3) is 0 Å². The SMILES string of the molecule is CCC(N=C=O)N=C=O. The zero-order valence-corrected chi connectivity index (χ0v) is 5.00. The first-order valence-corrected chi connectivity index (χ1v) is 2.49. The van der Waals surface area contributed by atoms with Gasteiger partial charge in [-0.15, -0.1) is 0 Å². The topological polar surface area (TPSA) is 58.9 Å². The lowest BCUT2D eigenvalue weighted by molar-refractivity contribution is 0.547. The zero-order chi connectivity index (χ0) is 7.11. The summed E-state index contributed by atoms with van der Waals surface area (Å²) in [4.78, 5) is 25.5. The van der Waals surface area contributed by atoms with Gasteiger partial charge in [0, 0.05) is 0 Å². The van der Waals surface area contributed by atoms with Gasteiger partial charge in [0.15, 0.2) is 6.17 Å². The first kappa shape index (κ1) is 7.76. The van der Waals surface area contributed by atoms with Crippen LogP contribution in [0, 0.1) is 0 Å². The van der Waals surface area contributed by atoms with Crippen molar-refractivity contribution in [3.8, 4) is 0 Å². The van der Waals surface area contributed by atoms with Gasteiger partial charge in [-0.3, -0.25) is 0 Å². The Hall–Kier alpha value is -1.24. The summed E-state index contributed by atoms with van der Waals surface area (Å²) < 4.78 is 0. The van der Waals surface area contributed by atoms with E-state index in [0.29, 0.717) is 6.42 Å². The molecule has 0 saturated carbocycles. The first-order chi connectivity index (χ1) is 4.35. The van der Waals surface area contributed by atoms with Gasteiger partial charge >= 0.3 is 0 Å². The molecule has 0 N–H and O–H groups in total. The number of isocyanates is 2. The molecule has 0 aromatic carbocycles. The Morgan fingerprint density at radius 2 is 1.78 bits per heavy atom. The summed E-state index contributed by atoms with van der Waals surface area (Å²) in [5.41, 5.74) is 0. The Morgan fingerprint density at radius 1 is 1.33 bits per heavy atom. The third-order valence-corrected chi connectivity index (χ3v) is 0.769. The minimum Gasteiger partial charge on any atom is -0.211 e. The van der Waals surface area contributed by atoms with Gasteiger partial charge < -0.3 is 0 Å². The number of aliphatic imine (C=N–C) groups is 2. The van der Waals surface area contributed by atoms with E-state index in [1.165, 1.54) is 12.2 Å². The van der Waals surface area contributed by atoms with Crippen molar-refractivity contribution >= 4 is 12.2 Å². The molecule has 0 amide bonds. The van der Waals surface area contributed by atoms with Crippen LogP contribution >= 0.6 is 0 Å². The fraction of sp³-hybridized carbons (Fsp3) is 0.600. The molecule has 0 spiro atoms. The van der Waals surface area contributed by atoms with Gasteiger partial charge in [-0.1, -0.05) is 6.92 Å². The van der Waals surface area contributed by atoms with Crippen molar-refractivity contribution in [2.45, 2.75) is 19.5 Å². The van der Waals surface area contributed by atoms with Crippen LogP contribution in [-0.2, 0) is 9.59 Å². The van der Waals surface area contributed by atoms with Crippen molar-refractivity contribution < 1.29 is 9.59 Å². The van der Waals surface area contributed by atoms with Crippen molar-refractivity contribution in [1.82, 2.24) is 0 Å². The van der Waals surface area contributed by atoms with Crippen LogP contribution in [0.1, 0.15) is 13.3 Å². The van der Waals surface area contributed by atoms with Crippen molar-refractivity contribution in [3.05, 3.63) is 0 Å². The highest BCUT2D eigenvalue weighted by Crippen LogP contribution is 1.94. The summed E-state index contributed by atoms with van der Waals surface area (Å²) >= 11 is 0. The number of hydrogen-bond acceptors (Lipinski definition) is 4. The molecule has 0 aromatic heterocycles. The summed E-state index contributed by atoms with van der Waals surface area (Å²) in [5, 5.41) is 0. The number of carbonyl (C=O) groups excluding carboxylic acids is 2. The Labute approximate surface area is 52.3 Å². The van der Waals surface area contributed by atoms with Crippen LogP contribution < -0.4 is 0 Å². The third kappa shape index (κ3) is 3.35. The average Bonchev–Trinajstić information content (AvgIpc) is 1.88. The highest BCUT2D eigenvalue weighted by Gasteiger charge is 1.96. The first-order valence-electron chi connectivity index (χ1n) is 2.49. The molecule has 4 nitrogen and oxygen atoms in total. The molecule has 0 bridgehead atoms. The predicted molar refractivity (Wildman–Crippen MR) is 30.3 cm³/mol. The van der Waals surface area contributed by atoms with Gasteiger partial charge in [0.2, 0.25) is 12.2 Å². The van der Waals surface area contributed by atoms with E-state index in [2.05, 4.69) is 9.98 Å². The normalized spacial score (nSPS) is 10.8. The molecule has 0 aromatic rings. The molecule has 0 unspecified atom stereocenters. The predicted octanol–water partition coefficient (Wildman–Crippen LogP) is 0.394. The molecule has 0 fully saturated rings. The highest BCUT2D eigenvalue weighted by atomic mass is 16.1. The van der Waals surface area contributed by atoms with Crippen molar-refractivity contribution in [3.63, 3.8) is 0 Å². The van der Waals surface area contributed by atoms with Gasteiger partial charge in [-0.2, -0.15) is 9.98 Å². The van der Waals surface area contributed by atoms with Gasteiger partial charge in [0.05, 0.1) is 0 Å². The fourth-order valence-electron chi connectivity index (χ4n) is 0.333. The van der Waals surface area contributed by atoms with Crippen LogP contribution in [0.2, 0.25) is 0 Å². The lowest BCUT2D eigenvalue weighted by Crippen LogP contribution is -1.95. The second kappa shape index (κ2) is 4.91. The monoisotopic (exact) mass is 126 g/mol. The van der Waals surface area contributed by atoms with E-state index >= 15 is 0 Å². The summed E-state index contributed by atoms with van der Waals surface area (Å²) in [5.74, 6) is 0. The minimum absolute atomic E-state index is 0.518. The van der Waals surface area contributed by atoms with Crippen LogP contribution in [0.5, 0.6) is 0 Å². The van der Waals surface area contributed by atoms with Crippen molar-refractivity contribution in [1.29, 1.82) is 0 Å². The Kier molecular flexibility index (Phi) is 4.23. The summed E-state index contributed by atoms with van der Waals surface area (Å²) in [7, 11) is 0. The maximum absolute atomic E-state index is 9.57. The highest BCUT2D eigenvalue weighted by molar-refractivity contribution is 5.36. The maximum Gasteiger partial charge on any atom is 0.237 e. The molecular formula is C5H6N2O2. The van der Waals surface area contributed by atoms with E-state index in [4.69, 9.17) is 0 Å². The van der Waals surface area contributed by atoms with E-state index in [1.54, 1.807) is 6.92 Å². The van der Waals surface area contributed by atoms with Gasteiger partial charge in [0.1, 0.15) is 0 Å². The molecule has 0 heterocycles. The number of nitrogens with zero attached hydrogens (tertiary/aromatic N) is 2. The van der Waals surface area contributed by atoms with E-state index in [-0.39, 0.29) is 0 Å². The Morgan fingerprint density at radius 3 is 2.00 bits per heavy atom. The van der Waals surface area contributed by atoms with Crippen LogP contribution in [0.3, 0.4) is 0 Å². The molecule has 0 aliphatic heterocycles. The summed E-state index contributed by atoms with van der Waals surface area (Å²) in [6, 6.07) is 0. The Balaban J connectivity index is 3.97. The lowest BCUT2D eigenvalue weighted by Gasteiger charge is -1.92. The largest absolute Gasteiger partial charge is 0.237 e. The third-order valence-electron chi connectivity index (χ3n) is 0.769. The number of rotatable bonds is 3. The van der Waals surface area contributed by atoms with Crippen molar-refractivity contribution in [2.75, 3.05) is 0 Å². The smallest absolute Gasteiger partial charge is 0.211 e. The maximum atomic E-state index is 9.57. The fourth-order valence-corrected chi connectivity index (χ4v) is 0.333. The van der Waals surface area contributed by atoms with E-state index < -0.39 is 6.17 Å². The molecule has 0 radical (unpaired) electrons. The van der Waals surface area contributed by atoms with E-state index in [1.807, 2.05) is 0 Å². The molecule has 0 rings (SSSR count). The van der Waals surface area contributed by atoms with Crippen LogP contribution in [0.25, 0.3) is 0 Å². The molecule has 9 heavy (non-hydrogen) atoms. The van der Waals surface area contributed by atoms with Crippen LogP contribution in [-0.4, -0.2) is 18.3 Å². The van der Waals surface area contributed by atoms with Crippen LogP contribution in [0.15, 0.2) is 9.98 Å². The van der Waals surface area contributed by atoms with Gasteiger partial charge in [-0.05, 0) is 6.42 Å². The van der Waals surface area contributed by atoms with E-state index in [0.717, 1.165) is 0 Å². The second-order valence-electron chi connectivity index (χ2n) is 1.33. The summed E-state index contributed by atoms with van der Waals surface area (Å²) in [6.45, 7) is 1.76. The minimum atomic E-state index is -0.583. The van der Waals surface area contributed by atoms with E-state index in [9.17, 15) is 9.59 Å². The molecular weight excluding hydrogens is 120 g/mol. The molecule has 4 heteroatoms. The second-order valence-corrected chi connectivity index (χ2v) is 1.33. The zero-order valence-electron chi connectivity index (χ0n) is 5.00. The lowest BCUT2D eigenvalue weighted by atomic mass is 10.4. The standard InChI is InChI=1S/C5H6N2O2/c1-2-5(6-3-8)7-4-9/h5H,2H2,1H3. The molecule has 0 aliphatic carbocycles. The summed E-state index contributed by atoms with van der Waals surface area (Å²) in [6.07, 6.45) is 2.55. The molecule has 48 valence electrons.